The third-order valence-electron chi connectivity index (χ3n) is 5.29. The largest absolute Gasteiger partial charge is 0.508 e. The van der Waals surface area contributed by atoms with Gasteiger partial charge in [-0.2, -0.15) is 0 Å². The van der Waals surface area contributed by atoms with Crippen LogP contribution in [-0.4, -0.2) is 24.9 Å². The molecule has 0 unspecified atom stereocenters. The minimum Gasteiger partial charge on any atom is -0.508 e. The molecule has 0 saturated carbocycles. The summed E-state index contributed by atoms with van der Waals surface area (Å²) >= 11 is 1.53. The van der Waals surface area contributed by atoms with Crippen LogP contribution in [0.2, 0.25) is 0 Å². The Morgan fingerprint density at radius 2 is 1.33 bits per heavy atom. The highest BCUT2D eigenvalue weighted by atomic mass is 32.2. The molecule has 7 heteroatoms. The van der Waals surface area contributed by atoms with E-state index in [1.807, 2.05) is 18.4 Å². The summed E-state index contributed by atoms with van der Waals surface area (Å²) in [5, 5.41) is 19.5. The molecule has 0 aliphatic heterocycles. The number of phenols is 2. The molecule has 3 N–H and O–H groups in total. The van der Waals surface area contributed by atoms with Gasteiger partial charge in [-0.25, -0.2) is 8.42 Å². The fourth-order valence-electron chi connectivity index (χ4n) is 3.75. The van der Waals surface area contributed by atoms with Gasteiger partial charge in [0.1, 0.15) is 11.5 Å². The standard InChI is InChI=1S/C26H23NO4S2/c1-32-23-6-4-5-20(17-23)27-33(30,31)25-8-3-2-7-24(25)26(18-9-13-21(28)14-10-18)19-11-15-22(29)16-12-19/h2-17,26-29H,1H3. The van der Waals surface area contributed by atoms with E-state index in [0.29, 0.717) is 11.3 Å². The maximum Gasteiger partial charge on any atom is 0.262 e. The molecule has 0 fully saturated rings. The van der Waals surface area contributed by atoms with Gasteiger partial charge >= 0.3 is 0 Å². The van der Waals surface area contributed by atoms with E-state index in [-0.39, 0.29) is 16.4 Å². The highest BCUT2D eigenvalue weighted by molar-refractivity contribution is 7.98. The Labute approximate surface area is 197 Å². The van der Waals surface area contributed by atoms with Crippen molar-refractivity contribution in [3.05, 3.63) is 114 Å². The lowest BCUT2D eigenvalue weighted by molar-refractivity contribution is 0.475. The van der Waals surface area contributed by atoms with E-state index in [4.69, 9.17) is 0 Å². The minimum atomic E-state index is -3.90. The van der Waals surface area contributed by atoms with Crippen LogP contribution in [0.25, 0.3) is 0 Å². The summed E-state index contributed by atoms with van der Waals surface area (Å²) in [7, 11) is -3.90. The maximum absolute atomic E-state index is 13.5. The maximum atomic E-state index is 13.5. The molecule has 33 heavy (non-hydrogen) atoms. The molecule has 0 amide bonds. The molecule has 0 saturated heterocycles. The van der Waals surface area contributed by atoms with Crippen LogP contribution in [0.5, 0.6) is 11.5 Å². The van der Waals surface area contributed by atoms with E-state index < -0.39 is 15.9 Å². The zero-order valence-electron chi connectivity index (χ0n) is 17.8. The molecule has 0 atom stereocenters. The SMILES string of the molecule is CSc1cccc(NS(=O)(=O)c2ccccc2C(c2ccc(O)cc2)c2ccc(O)cc2)c1. The molecular weight excluding hydrogens is 454 g/mol. The summed E-state index contributed by atoms with van der Waals surface area (Å²) in [5.41, 5.74) is 2.70. The summed E-state index contributed by atoms with van der Waals surface area (Å²) in [6.45, 7) is 0. The van der Waals surface area contributed by atoms with E-state index in [1.165, 1.54) is 11.8 Å². The zero-order chi connectivity index (χ0) is 23.4. The Bertz CT molecular complexity index is 1310. The van der Waals surface area contributed by atoms with E-state index in [9.17, 15) is 18.6 Å². The Kier molecular flexibility index (Phi) is 6.62. The van der Waals surface area contributed by atoms with Gasteiger partial charge in [-0.05, 0) is 71.5 Å². The van der Waals surface area contributed by atoms with Crippen molar-refractivity contribution in [2.75, 3.05) is 11.0 Å². The summed E-state index contributed by atoms with van der Waals surface area (Å²) in [6, 6.07) is 27.5. The normalized spacial score (nSPS) is 11.5. The molecule has 4 aromatic carbocycles. The van der Waals surface area contributed by atoms with Crippen molar-refractivity contribution in [1.82, 2.24) is 0 Å². The fraction of sp³-hybridized carbons (Fsp3) is 0.0769. The van der Waals surface area contributed by atoms with Gasteiger partial charge in [0.05, 0.1) is 4.90 Å². The van der Waals surface area contributed by atoms with E-state index in [2.05, 4.69) is 4.72 Å². The highest BCUT2D eigenvalue weighted by Gasteiger charge is 2.26. The molecule has 168 valence electrons. The summed E-state index contributed by atoms with van der Waals surface area (Å²) < 4.78 is 29.7. The van der Waals surface area contributed by atoms with Gasteiger partial charge in [0.15, 0.2) is 0 Å². The van der Waals surface area contributed by atoms with Crippen LogP contribution in [-0.2, 0) is 10.0 Å². The van der Waals surface area contributed by atoms with E-state index >= 15 is 0 Å². The molecule has 0 radical (unpaired) electrons. The van der Waals surface area contributed by atoms with Crippen LogP contribution >= 0.6 is 11.8 Å². The van der Waals surface area contributed by atoms with Crippen molar-refractivity contribution in [1.29, 1.82) is 0 Å². The van der Waals surface area contributed by atoms with Crippen LogP contribution in [0.15, 0.2) is 107 Å². The van der Waals surface area contributed by atoms with Crippen molar-refractivity contribution in [2.24, 2.45) is 0 Å². The number of benzene rings is 4. The third-order valence-corrected chi connectivity index (χ3v) is 7.47. The minimum absolute atomic E-state index is 0.124. The average molecular weight is 478 g/mol. The Morgan fingerprint density at radius 1 is 0.758 bits per heavy atom. The van der Waals surface area contributed by atoms with Gasteiger partial charge in [0.25, 0.3) is 10.0 Å². The van der Waals surface area contributed by atoms with E-state index in [1.54, 1.807) is 84.9 Å². The second kappa shape index (κ2) is 9.60. The first kappa shape index (κ1) is 22.8. The van der Waals surface area contributed by atoms with Gasteiger partial charge in [0, 0.05) is 16.5 Å². The first-order chi connectivity index (χ1) is 15.9. The quantitative estimate of drug-likeness (QED) is 0.231. The Hall–Kier alpha value is -3.42. The van der Waals surface area contributed by atoms with E-state index in [0.717, 1.165) is 16.0 Å². The molecule has 4 aromatic rings. The topological polar surface area (TPSA) is 86.6 Å². The van der Waals surface area contributed by atoms with Crippen molar-refractivity contribution in [3.8, 4) is 11.5 Å². The smallest absolute Gasteiger partial charge is 0.262 e. The molecule has 0 aliphatic carbocycles. The lowest BCUT2D eigenvalue weighted by Gasteiger charge is -2.22. The van der Waals surface area contributed by atoms with Crippen LogP contribution in [0, 0.1) is 0 Å². The lowest BCUT2D eigenvalue weighted by Crippen LogP contribution is -2.17. The molecule has 0 aromatic heterocycles. The number of hydrogen-bond acceptors (Lipinski definition) is 5. The van der Waals surface area contributed by atoms with Gasteiger partial charge < -0.3 is 10.2 Å². The number of thioether (sulfide) groups is 1. The highest BCUT2D eigenvalue weighted by Crippen LogP contribution is 2.37. The second-order valence-corrected chi connectivity index (χ2v) is 10.0. The molecule has 0 heterocycles. The average Bonchev–Trinajstić information content (AvgIpc) is 2.82. The number of rotatable bonds is 7. The van der Waals surface area contributed by atoms with Crippen LogP contribution in [0.4, 0.5) is 5.69 Å². The van der Waals surface area contributed by atoms with Crippen LogP contribution < -0.4 is 4.72 Å². The third kappa shape index (κ3) is 5.16. The molecule has 5 nitrogen and oxygen atoms in total. The monoisotopic (exact) mass is 477 g/mol. The van der Waals surface area contributed by atoms with Crippen LogP contribution in [0.3, 0.4) is 0 Å². The predicted octanol–water partition coefficient (Wildman–Crippen LogP) is 5.80. The number of anilines is 1. The number of sulfonamides is 1. The first-order valence-corrected chi connectivity index (χ1v) is 12.9. The van der Waals surface area contributed by atoms with Crippen molar-refractivity contribution in [3.63, 3.8) is 0 Å². The predicted molar refractivity (Wildman–Crippen MR) is 133 cm³/mol. The van der Waals surface area contributed by atoms with Crippen molar-refractivity contribution in [2.45, 2.75) is 15.7 Å². The molecular formula is C26H23NO4S2. The number of aromatic hydroxyl groups is 2. The first-order valence-electron chi connectivity index (χ1n) is 10.2. The Morgan fingerprint density at radius 3 is 1.91 bits per heavy atom. The summed E-state index contributed by atoms with van der Waals surface area (Å²) in [5.74, 6) is -0.185. The lowest BCUT2D eigenvalue weighted by atomic mass is 9.85. The fourth-order valence-corrected chi connectivity index (χ4v) is 5.51. The molecule has 4 rings (SSSR count). The number of phenolic OH excluding ortho intramolecular Hbond substituents is 2. The van der Waals surface area contributed by atoms with Gasteiger partial charge in [-0.1, -0.05) is 48.5 Å². The summed E-state index contributed by atoms with van der Waals surface area (Å²) in [4.78, 5) is 1.11. The number of hydrogen-bond donors (Lipinski definition) is 3. The number of nitrogens with one attached hydrogen (secondary N) is 1. The van der Waals surface area contributed by atoms with Gasteiger partial charge in [-0.3, -0.25) is 4.72 Å². The van der Waals surface area contributed by atoms with Crippen molar-refractivity contribution < 1.29 is 18.6 Å². The molecule has 0 bridgehead atoms. The molecule has 0 spiro atoms. The second-order valence-electron chi connectivity index (χ2n) is 7.49. The van der Waals surface area contributed by atoms with Gasteiger partial charge in [0.2, 0.25) is 0 Å². The molecule has 0 aliphatic rings. The Balaban J connectivity index is 1.84. The van der Waals surface area contributed by atoms with Crippen molar-refractivity contribution >= 4 is 27.5 Å². The zero-order valence-corrected chi connectivity index (χ0v) is 19.5. The van der Waals surface area contributed by atoms with Gasteiger partial charge in [-0.15, -0.1) is 11.8 Å². The summed E-state index contributed by atoms with van der Waals surface area (Å²) in [6.07, 6.45) is 1.93. The van der Waals surface area contributed by atoms with Crippen LogP contribution in [0.1, 0.15) is 22.6 Å².